The van der Waals surface area contributed by atoms with Crippen molar-refractivity contribution >= 4 is 11.4 Å². The van der Waals surface area contributed by atoms with E-state index in [1.807, 2.05) is 6.92 Å². The molecule has 0 amide bonds. The number of non-ortho nitro benzene ring substituents is 1. The highest BCUT2D eigenvalue weighted by Gasteiger charge is 2.32. The monoisotopic (exact) mass is 412 g/mol. The van der Waals surface area contributed by atoms with Gasteiger partial charge in [-0.05, 0) is 25.1 Å². The summed E-state index contributed by atoms with van der Waals surface area (Å²) in [5.74, 6) is 1.10. The molecule has 3 aromatic rings. The van der Waals surface area contributed by atoms with E-state index in [0.29, 0.717) is 34.9 Å². The standard InChI is InChI=1S/C19H16N4O7/c1-3-29-19-14-10-21(15-7-4-11(22(24)25)8-16(15)23(26)27)20-18(14)13-6-5-12(28-2)9-17(13)30-19/h4-10,19H,3H2,1-2H3. The fourth-order valence-corrected chi connectivity index (χ4v) is 3.23. The molecule has 1 aliphatic rings. The van der Waals surface area contributed by atoms with E-state index in [-0.39, 0.29) is 11.4 Å². The van der Waals surface area contributed by atoms with Crippen LogP contribution in [0.5, 0.6) is 11.5 Å². The van der Waals surface area contributed by atoms with E-state index in [2.05, 4.69) is 5.10 Å². The van der Waals surface area contributed by atoms with Gasteiger partial charge in [0.1, 0.15) is 22.9 Å². The molecular formula is C19H16N4O7. The molecule has 0 N–H and O–H groups in total. The molecule has 154 valence electrons. The van der Waals surface area contributed by atoms with Crippen molar-refractivity contribution in [3.63, 3.8) is 0 Å². The normalized spacial score (nSPS) is 14.4. The predicted molar refractivity (Wildman–Crippen MR) is 104 cm³/mol. The average molecular weight is 412 g/mol. The summed E-state index contributed by atoms with van der Waals surface area (Å²) in [6, 6.07) is 8.62. The van der Waals surface area contributed by atoms with Crippen LogP contribution in [0.25, 0.3) is 16.9 Å². The van der Waals surface area contributed by atoms with Gasteiger partial charge in [-0.25, -0.2) is 4.68 Å². The summed E-state index contributed by atoms with van der Waals surface area (Å²) in [7, 11) is 1.54. The first kappa shape index (κ1) is 19.3. The first-order valence-electron chi connectivity index (χ1n) is 8.92. The van der Waals surface area contributed by atoms with Crippen molar-refractivity contribution < 1.29 is 24.1 Å². The van der Waals surface area contributed by atoms with Crippen molar-refractivity contribution in [1.29, 1.82) is 0 Å². The Bertz CT molecular complexity index is 1160. The second-order valence-corrected chi connectivity index (χ2v) is 6.33. The Morgan fingerprint density at radius 2 is 1.97 bits per heavy atom. The molecule has 1 aliphatic heterocycles. The number of hydrogen-bond donors (Lipinski definition) is 0. The lowest BCUT2D eigenvalue weighted by molar-refractivity contribution is -0.394. The zero-order chi connectivity index (χ0) is 21.4. The Kier molecular flexibility index (Phi) is 4.80. The number of fused-ring (bicyclic) bond motifs is 3. The van der Waals surface area contributed by atoms with Gasteiger partial charge < -0.3 is 14.2 Å². The van der Waals surface area contributed by atoms with Crippen molar-refractivity contribution in [3.8, 4) is 28.4 Å². The number of nitro benzene ring substituents is 2. The van der Waals surface area contributed by atoms with Gasteiger partial charge in [0.2, 0.25) is 6.29 Å². The van der Waals surface area contributed by atoms with Gasteiger partial charge in [0.25, 0.3) is 5.69 Å². The van der Waals surface area contributed by atoms with Crippen molar-refractivity contribution in [1.82, 2.24) is 9.78 Å². The zero-order valence-corrected chi connectivity index (χ0v) is 16.0. The molecule has 0 saturated carbocycles. The van der Waals surface area contributed by atoms with E-state index in [0.717, 1.165) is 6.07 Å². The van der Waals surface area contributed by atoms with Crippen LogP contribution in [0.3, 0.4) is 0 Å². The Hall–Kier alpha value is -3.99. The van der Waals surface area contributed by atoms with Gasteiger partial charge in [-0.15, -0.1) is 0 Å². The first-order chi connectivity index (χ1) is 14.4. The predicted octanol–water partition coefficient (Wildman–Crippen LogP) is 3.79. The van der Waals surface area contributed by atoms with Gasteiger partial charge in [-0.1, -0.05) is 0 Å². The fraction of sp³-hybridized carbons (Fsp3) is 0.211. The van der Waals surface area contributed by atoms with E-state index in [1.165, 1.54) is 16.8 Å². The molecule has 4 rings (SSSR count). The van der Waals surface area contributed by atoms with Crippen LogP contribution in [0.2, 0.25) is 0 Å². The third-order valence-corrected chi connectivity index (χ3v) is 4.61. The molecule has 0 radical (unpaired) electrons. The van der Waals surface area contributed by atoms with Crippen LogP contribution in [0.1, 0.15) is 18.8 Å². The maximum absolute atomic E-state index is 11.5. The van der Waals surface area contributed by atoms with Gasteiger partial charge >= 0.3 is 5.69 Å². The number of aromatic nitrogens is 2. The summed E-state index contributed by atoms with van der Waals surface area (Å²) in [4.78, 5) is 21.2. The lowest BCUT2D eigenvalue weighted by atomic mass is 10.0. The molecule has 0 bridgehead atoms. The van der Waals surface area contributed by atoms with Crippen LogP contribution in [-0.4, -0.2) is 33.3 Å². The topological polar surface area (TPSA) is 132 Å². The van der Waals surface area contributed by atoms with E-state index < -0.39 is 21.8 Å². The maximum atomic E-state index is 11.5. The number of nitrogens with zero attached hydrogens (tertiary/aromatic N) is 4. The first-order valence-corrected chi connectivity index (χ1v) is 8.92. The highest BCUT2D eigenvalue weighted by Crippen LogP contribution is 2.44. The Labute approximate surface area is 169 Å². The highest BCUT2D eigenvalue weighted by atomic mass is 16.7. The molecule has 1 unspecified atom stereocenters. The third-order valence-electron chi connectivity index (χ3n) is 4.61. The van der Waals surface area contributed by atoms with Crippen molar-refractivity contribution in [2.24, 2.45) is 0 Å². The van der Waals surface area contributed by atoms with Gasteiger partial charge in [-0.3, -0.25) is 20.2 Å². The lowest BCUT2D eigenvalue weighted by Crippen LogP contribution is -2.16. The molecule has 11 heteroatoms. The van der Waals surface area contributed by atoms with Crippen LogP contribution in [0.15, 0.2) is 42.6 Å². The van der Waals surface area contributed by atoms with E-state index in [1.54, 1.807) is 31.5 Å². The molecule has 2 heterocycles. The second-order valence-electron chi connectivity index (χ2n) is 6.33. The third kappa shape index (κ3) is 3.20. The van der Waals surface area contributed by atoms with Gasteiger partial charge in [-0.2, -0.15) is 5.10 Å². The van der Waals surface area contributed by atoms with Crippen molar-refractivity contribution in [2.75, 3.05) is 13.7 Å². The minimum Gasteiger partial charge on any atom is -0.497 e. The SMILES string of the molecule is CCOC1Oc2cc(OC)ccc2-c2nn(-c3ccc([N+](=O)[O-])cc3[N+](=O)[O-])cc21. The molecule has 0 saturated heterocycles. The number of ether oxygens (including phenoxy) is 3. The second kappa shape index (κ2) is 7.44. The van der Waals surface area contributed by atoms with E-state index in [9.17, 15) is 20.2 Å². The number of benzene rings is 2. The lowest BCUT2D eigenvalue weighted by Gasteiger charge is -2.25. The van der Waals surface area contributed by atoms with Crippen LogP contribution < -0.4 is 9.47 Å². The van der Waals surface area contributed by atoms with Crippen LogP contribution in [0.4, 0.5) is 11.4 Å². The Morgan fingerprint density at radius 1 is 1.17 bits per heavy atom. The highest BCUT2D eigenvalue weighted by molar-refractivity contribution is 5.74. The summed E-state index contributed by atoms with van der Waals surface area (Å²) < 4.78 is 18.2. The fourth-order valence-electron chi connectivity index (χ4n) is 3.23. The maximum Gasteiger partial charge on any atom is 0.301 e. The molecular weight excluding hydrogens is 396 g/mol. The molecule has 0 spiro atoms. The largest absolute Gasteiger partial charge is 0.497 e. The number of rotatable bonds is 6. The summed E-state index contributed by atoms with van der Waals surface area (Å²) in [6.07, 6.45) is 0.798. The minimum atomic E-state index is -0.768. The zero-order valence-electron chi connectivity index (χ0n) is 16.0. The summed E-state index contributed by atoms with van der Waals surface area (Å²) >= 11 is 0. The summed E-state index contributed by atoms with van der Waals surface area (Å²) in [5.41, 5.74) is 1.06. The minimum absolute atomic E-state index is 0.0883. The van der Waals surface area contributed by atoms with E-state index >= 15 is 0 Å². The number of nitro groups is 2. The summed E-state index contributed by atoms with van der Waals surface area (Å²) in [5, 5.41) is 27.0. The number of methoxy groups -OCH3 is 1. The quantitative estimate of drug-likeness (QED) is 0.441. The van der Waals surface area contributed by atoms with Crippen molar-refractivity contribution in [2.45, 2.75) is 13.2 Å². The molecule has 2 aromatic carbocycles. The van der Waals surface area contributed by atoms with Gasteiger partial charge in [0.15, 0.2) is 0 Å². The molecule has 1 atom stereocenters. The molecule has 30 heavy (non-hydrogen) atoms. The average Bonchev–Trinajstić information content (AvgIpc) is 3.18. The van der Waals surface area contributed by atoms with Crippen LogP contribution in [-0.2, 0) is 4.74 Å². The van der Waals surface area contributed by atoms with Crippen molar-refractivity contribution in [3.05, 3.63) is 68.4 Å². The van der Waals surface area contributed by atoms with Crippen LogP contribution >= 0.6 is 0 Å². The smallest absolute Gasteiger partial charge is 0.301 e. The molecule has 0 fully saturated rings. The van der Waals surface area contributed by atoms with E-state index in [4.69, 9.17) is 14.2 Å². The molecule has 11 nitrogen and oxygen atoms in total. The van der Waals surface area contributed by atoms with Gasteiger partial charge in [0, 0.05) is 30.5 Å². The Morgan fingerprint density at radius 3 is 2.63 bits per heavy atom. The number of hydrogen-bond acceptors (Lipinski definition) is 8. The van der Waals surface area contributed by atoms with Gasteiger partial charge in [0.05, 0.1) is 28.6 Å². The Balaban J connectivity index is 1.88. The van der Waals surface area contributed by atoms with Crippen LogP contribution in [0, 0.1) is 20.2 Å². The molecule has 1 aromatic heterocycles. The molecule has 0 aliphatic carbocycles. The summed E-state index contributed by atoms with van der Waals surface area (Å²) in [6.45, 7) is 2.18.